The van der Waals surface area contributed by atoms with Crippen molar-refractivity contribution in [2.24, 2.45) is 5.92 Å². The van der Waals surface area contributed by atoms with Gasteiger partial charge in [0.2, 0.25) is 17.7 Å². The van der Waals surface area contributed by atoms with Crippen LogP contribution < -0.4 is 14.8 Å². The topological polar surface area (TPSA) is 82.6 Å². The van der Waals surface area contributed by atoms with Crippen LogP contribution in [0.25, 0.3) is 0 Å². The molecule has 1 amide bonds. The van der Waals surface area contributed by atoms with Crippen LogP contribution in [0.4, 0.5) is 0 Å². The molecular formula is C17H25N3O4. The van der Waals surface area contributed by atoms with E-state index >= 15 is 0 Å². The number of hydrogen-bond acceptors (Lipinski definition) is 6. The maximum Gasteiger partial charge on any atom is 0.235 e. The normalized spacial score (nSPS) is 25.0. The van der Waals surface area contributed by atoms with Gasteiger partial charge in [0.05, 0.1) is 19.5 Å². The fourth-order valence-corrected chi connectivity index (χ4v) is 3.26. The van der Waals surface area contributed by atoms with Crippen molar-refractivity contribution in [3.63, 3.8) is 0 Å². The highest BCUT2D eigenvalue weighted by Gasteiger charge is 2.27. The van der Waals surface area contributed by atoms with Crippen molar-refractivity contribution in [2.45, 2.75) is 50.7 Å². The largest absolute Gasteiger partial charge is 0.480 e. The van der Waals surface area contributed by atoms with Crippen molar-refractivity contribution >= 4 is 5.91 Å². The van der Waals surface area contributed by atoms with Gasteiger partial charge in [0.25, 0.3) is 0 Å². The average molecular weight is 335 g/mol. The molecule has 0 radical (unpaired) electrons. The van der Waals surface area contributed by atoms with E-state index in [-0.39, 0.29) is 24.0 Å². The van der Waals surface area contributed by atoms with Crippen LogP contribution in [0, 0.1) is 5.92 Å². The lowest BCUT2D eigenvalue weighted by atomic mass is 9.91. The van der Waals surface area contributed by atoms with E-state index in [2.05, 4.69) is 15.3 Å². The number of carbonyl (C=O) groups is 1. The van der Waals surface area contributed by atoms with Crippen molar-refractivity contribution in [1.82, 2.24) is 15.3 Å². The predicted octanol–water partition coefficient (Wildman–Crippen LogP) is 1.72. The van der Waals surface area contributed by atoms with Gasteiger partial charge < -0.3 is 19.5 Å². The van der Waals surface area contributed by atoms with Gasteiger partial charge in [-0.05, 0) is 38.5 Å². The van der Waals surface area contributed by atoms with E-state index in [1.165, 1.54) is 0 Å². The van der Waals surface area contributed by atoms with E-state index in [4.69, 9.17) is 14.2 Å². The summed E-state index contributed by atoms with van der Waals surface area (Å²) in [5.74, 6) is 1.23. The van der Waals surface area contributed by atoms with Gasteiger partial charge in [-0.1, -0.05) is 0 Å². The summed E-state index contributed by atoms with van der Waals surface area (Å²) < 4.78 is 16.2. The summed E-state index contributed by atoms with van der Waals surface area (Å²) in [6, 6.07) is 0.247. The molecule has 1 aliphatic carbocycles. The molecule has 0 atom stereocenters. The first-order valence-corrected chi connectivity index (χ1v) is 8.65. The van der Waals surface area contributed by atoms with E-state index < -0.39 is 0 Å². The second-order valence-electron chi connectivity index (χ2n) is 6.39. The Hall–Kier alpha value is -1.89. The molecule has 7 heteroatoms. The van der Waals surface area contributed by atoms with E-state index in [0.717, 1.165) is 38.5 Å². The molecule has 1 aromatic rings. The van der Waals surface area contributed by atoms with Crippen LogP contribution in [-0.4, -0.2) is 48.3 Å². The molecule has 1 aliphatic heterocycles. The summed E-state index contributed by atoms with van der Waals surface area (Å²) >= 11 is 0. The summed E-state index contributed by atoms with van der Waals surface area (Å²) in [6.07, 6.45) is 8.58. The van der Waals surface area contributed by atoms with Gasteiger partial charge in [0, 0.05) is 25.2 Å². The lowest BCUT2D eigenvalue weighted by Crippen LogP contribution is -2.43. The molecular weight excluding hydrogens is 310 g/mol. The molecule has 1 saturated heterocycles. The molecule has 1 N–H and O–H groups in total. The van der Waals surface area contributed by atoms with Gasteiger partial charge in [-0.25, -0.2) is 0 Å². The Morgan fingerprint density at radius 2 is 1.83 bits per heavy atom. The van der Waals surface area contributed by atoms with Crippen LogP contribution in [-0.2, 0) is 9.53 Å². The molecule has 2 heterocycles. The quantitative estimate of drug-likeness (QED) is 0.882. The first kappa shape index (κ1) is 17.0. The molecule has 0 bridgehead atoms. The SMILES string of the molecule is COc1cncc(OC2CCC(NC(=O)C3CCOCC3)CC2)n1. The van der Waals surface area contributed by atoms with Crippen molar-refractivity contribution in [1.29, 1.82) is 0 Å². The van der Waals surface area contributed by atoms with Gasteiger partial charge in [-0.15, -0.1) is 0 Å². The third-order valence-corrected chi connectivity index (χ3v) is 4.70. The minimum Gasteiger partial charge on any atom is -0.480 e. The van der Waals surface area contributed by atoms with Crippen LogP contribution in [0.5, 0.6) is 11.8 Å². The monoisotopic (exact) mass is 335 g/mol. The minimum absolute atomic E-state index is 0.111. The molecule has 0 spiro atoms. The maximum absolute atomic E-state index is 12.3. The number of hydrogen-bond donors (Lipinski definition) is 1. The third kappa shape index (κ3) is 4.56. The van der Waals surface area contributed by atoms with Crippen LogP contribution in [0.1, 0.15) is 38.5 Å². The zero-order valence-electron chi connectivity index (χ0n) is 14.1. The van der Waals surface area contributed by atoms with Crippen LogP contribution in [0.3, 0.4) is 0 Å². The number of nitrogens with zero attached hydrogens (tertiary/aromatic N) is 2. The Kier molecular flexibility index (Phi) is 5.85. The first-order chi connectivity index (χ1) is 11.7. The predicted molar refractivity (Wildman–Crippen MR) is 86.9 cm³/mol. The van der Waals surface area contributed by atoms with Gasteiger partial charge >= 0.3 is 0 Å². The highest BCUT2D eigenvalue weighted by molar-refractivity contribution is 5.79. The van der Waals surface area contributed by atoms with E-state index in [1.807, 2.05) is 0 Å². The Balaban J connectivity index is 1.42. The Morgan fingerprint density at radius 1 is 1.12 bits per heavy atom. The zero-order chi connectivity index (χ0) is 16.8. The van der Waals surface area contributed by atoms with E-state index in [1.54, 1.807) is 19.5 Å². The smallest absolute Gasteiger partial charge is 0.235 e. The molecule has 2 aliphatic rings. The van der Waals surface area contributed by atoms with Gasteiger partial charge in [-0.3, -0.25) is 9.78 Å². The van der Waals surface area contributed by atoms with Crippen molar-refractivity contribution < 1.29 is 19.0 Å². The number of rotatable bonds is 5. The lowest BCUT2D eigenvalue weighted by molar-refractivity contribution is -0.128. The van der Waals surface area contributed by atoms with Crippen molar-refractivity contribution in [2.75, 3.05) is 20.3 Å². The van der Waals surface area contributed by atoms with Crippen LogP contribution in [0.15, 0.2) is 12.4 Å². The summed E-state index contributed by atoms with van der Waals surface area (Å²) in [4.78, 5) is 20.6. The number of carbonyl (C=O) groups excluding carboxylic acids is 1. The second-order valence-corrected chi connectivity index (χ2v) is 6.39. The summed E-state index contributed by atoms with van der Waals surface area (Å²) in [5, 5.41) is 3.19. The molecule has 0 unspecified atom stereocenters. The molecule has 1 saturated carbocycles. The average Bonchev–Trinajstić information content (AvgIpc) is 2.64. The van der Waals surface area contributed by atoms with Gasteiger partial charge in [0.1, 0.15) is 6.10 Å². The summed E-state index contributed by atoms with van der Waals surface area (Å²) in [7, 11) is 1.56. The molecule has 132 valence electrons. The summed E-state index contributed by atoms with van der Waals surface area (Å²) in [6.45, 7) is 1.39. The van der Waals surface area contributed by atoms with Crippen LogP contribution >= 0.6 is 0 Å². The fourth-order valence-electron chi connectivity index (χ4n) is 3.26. The Bertz CT molecular complexity index is 540. The Labute approximate surface area is 142 Å². The van der Waals surface area contributed by atoms with E-state index in [0.29, 0.717) is 25.0 Å². The van der Waals surface area contributed by atoms with E-state index in [9.17, 15) is 4.79 Å². The molecule has 7 nitrogen and oxygen atoms in total. The number of nitrogens with one attached hydrogen (secondary N) is 1. The number of amides is 1. The zero-order valence-corrected chi connectivity index (χ0v) is 14.1. The van der Waals surface area contributed by atoms with Crippen LogP contribution in [0.2, 0.25) is 0 Å². The number of methoxy groups -OCH3 is 1. The molecule has 1 aromatic heterocycles. The minimum atomic E-state index is 0.111. The molecule has 3 rings (SSSR count). The number of aromatic nitrogens is 2. The highest BCUT2D eigenvalue weighted by Crippen LogP contribution is 2.24. The van der Waals surface area contributed by atoms with Crippen molar-refractivity contribution in [3.8, 4) is 11.8 Å². The van der Waals surface area contributed by atoms with Gasteiger partial charge in [-0.2, -0.15) is 4.98 Å². The fraction of sp³-hybridized carbons (Fsp3) is 0.706. The number of ether oxygens (including phenoxy) is 3. The molecule has 2 fully saturated rings. The highest BCUT2D eigenvalue weighted by atomic mass is 16.5. The molecule has 0 aromatic carbocycles. The van der Waals surface area contributed by atoms with Crippen molar-refractivity contribution in [3.05, 3.63) is 12.4 Å². The third-order valence-electron chi connectivity index (χ3n) is 4.70. The first-order valence-electron chi connectivity index (χ1n) is 8.65. The molecule has 24 heavy (non-hydrogen) atoms. The van der Waals surface area contributed by atoms with Gasteiger partial charge in [0.15, 0.2) is 0 Å². The summed E-state index contributed by atoms with van der Waals surface area (Å²) in [5.41, 5.74) is 0. The lowest BCUT2D eigenvalue weighted by Gasteiger charge is -2.31. The Morgan fingerprint density at radius 3 is 2.54 bits per heavy atom. The maximum atomic E-state index is 12.3. The standard InChI is InChI=1S/C17H25N3O4/c1-22-15-10-18-11-16(20-15)24-14-4-2-13(3-5-14)19-17(21)12-6-8-23-9-7-12/h10-14H,2-9H2,1H3,(H,19,21). The second kappa shape index (κ2) is 8.28.